The van der Waals surface area contributed by atoms with E-state index in [4.69, 9.17) is 0 Å². The number of nitrogens with zero attached hydrogens (tertiary/aromatic N) is 3. The molecular formula is C21H24N4O. The monoisotopic (exact) mass is 348 g/mol. The number of anilines is 2. The van der Waals surface area contributed by atoms with Crippen molar-refractivity contribution in [1.29, 1.82) is 0 Å². The molecule has 0 unspecified atom stereocenters. The fourth-order valence-electron chi connectivity index (χ4n) is 3.46. The van der Waals surface area contributed by atoms with Crippen molar-refractivity contribution in [3.05, 3.63) is 60.6 Å². The van der Waals surface area contributed by atoms with E-state index in [9.17, 15) is 4.79 Å². The molecule has 1 saturated heterocycles. The minimum absolute atomic E-state index is 0.0482. The third kappa shape index (κ3) is 3.72. The number of rotatable bonds is 4. The summed E-state index contributed by atoms with van der Waals surface area (Å²) in [5.74, 6) is 0.775. The van der Waals surface area contributed by atoms with E-state index in [0.717, 1.165) is 36.0 Å². The van der Waals surface area contributed by atoms with Gasteiger partial charge in [0, 0.05) is 36.9 Å². The molecule has 2 aromatic heterocycles. The van der Waals surface area contributed by atoms with Crippen LogP contribution in [0.15, 0.2) is 54.9 Å². The zero-order valence-corrected chi connectivity index (χ0v) is 15.1. The summed E-state index contributed by atoms with van der Waals surface area (Å²) in [6.45, 7) is 4.54. The predicted octanol–water partition coefficient (Wildman–Crippen LogP) is 3.75. The largest absolute Gasteiger partial charge is 0.372 e. The third-order valence-corrected chi connectivity index (χ3v) is 5.06. The van der Waals surface area contributed by atoms with Gasteiger partial charge in [-0.05, 0) is 55.2 Å². The van der Waals surface area contributed by atoms with Gasteiger partial charge < -0.3 is 14.6 Å². The lowest BCUT2D eigenvalue weighted by Crippen LogP contribution is -2.32. The molecule has 1 amide bonds. The van der Waals surface area contributed by atoms with Gasteiger partial charge in [-0.3, -0.25) is 4.79 Å². The van der Waals surface area contributed by atoms with Crippen LogP contribution in [0, 0.1) is 5.92 Å². The normalized spacial score (nSPS) is 15.3. The Bertz CT molecular complexity index is 859. The predicted molar refractivity (Wildman–Crippen MR) is 105 cm³/mol. The zero-order chi connectivity index (χ0) is 17.9. The Kier molecular flexibility index (Phi) is 4.61. The van der Waals surface area contributed by atoms with Gasteiger partial charge in [-0.2, -0.15) is 0 Å². The van der Waals surface area contributed by atoms with Gasteiger partial charge in [0.2, 0.25) is 5.91 Å². The first-order chi connectivity index (χ1) is 12.7. The Morgan fingerprint density at radius 2 is 1.92 bits per heavy atom. The molecule has 1 aliphatic heterocycles. The molecule has 0 bridgehead atoms. The van der Waals surface area contributed by atoms with E-state index < -0.39 is 0 Å². The highest BCUT2D eigenvalue weighted by Gasteiger charge is 2.16. The van der Waals surface area contributed by atoms with Crippen LogP contribution in [-0.4, -0.2) is 28.4 Å². The highest BCUT2D eigenvalue weighted by molar-refractivity contribution is 5.92. The van der Waals surface area contributed by atoms with Crippen LogP contribution in [0.5, 0.6) is 0 Å². The van der Waals surface area contributed by atoms with Gasteiger partial charge in [0.05, 0.1) is 12.1 Å². The van der Waals surface area contributed by atoms with E-state index in [-0.39, 0.29) is 12.3 Å². The maximum Gasteiger partial charge on any atom is 0.230 e. The Morgan fingerprint density at radius 3 is 2.65 bits per heavy atom. The Balaban J connectivity index is 1.36. The number of carbonyl (C=O) groups excluding carboxylic acids is 1. The average Bonchev–Trinajstić information content (AvgIpc) is 3.05. The van der Waals surface area contributed by atoms with Crippen molar-refractivity contribution in [1.82, 2.24) is 9.38 Å². The van der Waals surface area contributed by atoms with Crippen LogP contribution in [-0.2, 0) is 11.2 Å². The number of nitrogens with one attached hydrogen (secondary N) is 1. The summed E-state index contributed by atoms with van der Waals surface area (Å²) in [7, 11) is 0. The van der Waals surface area contributed by atoms with Gasteiger partial charge in [0.25, 0.3) is 0 Å². The second-order valence-electron chi connectivity index (χ2n) is 7.14. The molecule has 3 aromatic rings. The van der Waals surface area contributed by atoms with Crippen molar-refractivity contribution in [2.75, 3.05) is 23.3 Å². The third-order valence-electron chi connectivity index (χ3n) is 5.06. The Hall–Kier alpha value is -2.82. The smallest absolute Gasteiger partial charge is 0.230 e. The summed E-state index contributed by atoms with van der Waals surface area (Å²) in [5, 5.41) is 2.97. The SMILES string of the molecule is CC1CCN(c2ccc(NC(=O)Cc3cn4ccccc4n3)cc2)CC1. The minimum Gasteiger partial charge on any atom is -0.372 e. The molecular weight excluding hydrogens is 324 g/mol. The summed E-state index contributed by atoms with van der Waals surface area (Å²) in [6.07, 6.45) is 6.60. The molecule has 0 atom stereocenters. The van der Waals surface area contributed by atoms with E-state index in [0.29, 0.717) is 0 Å². The zero-order valence-electron chi connectivity index (χ0n) is 15.1. The van der Waals surface area contributed by atoms with Crippen molar-refractivity contribution >= 4 is 22.9 Å². The fraction of sp³-hybridized carbons (Fsp3) is 0.333. The molecule has 3 heterocycles. The molecule has 1 N–H and O–H groups in total. The van der Waals surface area contributed by atoms with E-state index in [1.54, 1.807) is 0 Å². The Morgan fingerprint density at radius 1 is 1.15 bits per heavy atom. The second kappa shape index (κ2) is 7.20. The van der Waals surface area contributed by atoms with Gasteiger partial charge in [0.15, 0.2) is 0 Å². The lowest BCUT2D eigenvalue weighted by molar-refractivity contribution is -0.115. The van der Waals surface area contributed by atoms with E-state index >= 15 is 0 Å². The molecule has 1 aromatic carbocycles. The van der Waals surface area contributed by atoms with Crippen molar-refractivity contribution in [2.45, 2.75) is 26.2 Å². The molecule has 4 rings (SSSR count). The molecule has 0 spiro atoms. The number of piperidine rings is 1. The first-order valence-electron chi connectivity index (χ1n) is 9.25. The number of carbonyl (C=O) groups is 1. The van der Waals surface area contributed by atoms with Crippen LogP contribution in [0.1, 0.15) is 25.5 Å². The van der Waals surface area contributed by atoms with Crippen LogP contribution in [0.3, 0.4) is 0 Å². The average molecular weight is 348 g/mol. The van der Waals surface area contributed by atoms with Crippen LogP contribution in [0.4, 0.5) is 11.4 Å². The second-order valence-corrected chi connectivity index (χ2v) is 7.14. The summed E-state index contributed by atoms with van der Waals surface area (Å²) < 4.78 is 1.93. The molecule has 26 heavy (non-hydrogen) atoms. The quantitative estimate of drug-likeness (QED) is 0.781. The molecule has 5 heteroatoms. The summed E-state index contributed by atoms with van der Waals surface area (Å²) in [4.78, 5) is 19.2. The highest BCUT2D eigenvalue weighted by atomic mass is 16.1. The van der Waals surface area contributed by atoms with Crippen LogP contribution in [0.25, 0.3) is 5.65 Å². The van der Waals surface area contributed by atoms with Gasteiger partial charge in [-0.25, -0.2) is 4.98 Å². The van der Waals surface area contributed by atoms with Crippen molar-refractivity contribution < 1.29 is 4.79 Å². The van der Waals surface area contributed by atoms with Gasteiger partial charge in [-0.1, -0.05) is 13.0 Å². The standard InChI is InChI=1S/C21H24N4O/c1-16-9-12-24(13-10-16)19-7-5-17(6-8-19)23-21(26)14-18-15-25-11-3-2-4-20(25)22-18/h2-8,11,15-16H,9-10,12-14H2,1H3,(H,23,26). The minimum atomic E-state index is -0.0482. The first kappa shape index (κ1) is 16.6. The van der Waals surface area contributed by atoms with Gasteiger partial charge in [-0.15, -0.1) is 0 Å². The number of hydrogen-bond donors (Lipinski definition) is 1. The number of imidazole rings is 1. The van der Waals surface area contributed by atoms with Crippen molar-refractivity contribution in [3.63, 3.8) is 0 Å². The van der Waals surface area contributed by atoms with Gasteiger partial charge in [0.1, 0.15) is 5.65 Å². The highest BCUT2D eigenvalue weighted by Crippen LogP contribution is 2.24. The summed E-state index contributed by atoms with van der Waals surface area (Å²) in [6, 6.07) is 14.0. The van der Waals surface area contributed by atoms with Crippen molar-refractivity contribution in [2.24, 2.45) is 5.92 Å². The van der Waals surface area contributed by atoms with E-state index in [1.807, 2.05) is 47.1 Å². The van der Waals surface area contributed by atoms with Crippen molar-refractivity contribution in [3.8, 4) is 0 Å². The van der Waals surface area contributed by atoms with E-state index in [2.05, 4.69) is 34.3 Å². The molecule has 5 nitrogen and oxygen atoms in total. The molecule has 134 valence electrons. The van der Waals surface area contributed by atoms with Gasteiger partial charge >= 0.3 is 0 Å². The summed E-state index contributed by atoms with van der Waals surface area (Å²) >= 11 is 0. The number of benzene rings is 1. The number of pyridine rings is 1. The van der Waals surface area contributed by atoms with Crippen LogP contribution in [0.2, 0.25) is 0 Å². The Labute approximate surface area is 153 Å². The lowest BCUT2D eigenvalue weighted by atomic mass is 9.99. The number of fused-ring (bicyclic) bond motifs is 1. The van der Waals surface area contributed by atoms with Crippen LogP contribution < -0.4 is 10.2 Å². The molecule has 0 aliphatic carbocycles. The van der Waals surface area contributed by atoms with E-state index in [1.165, 1.54) is 18.5 Å². The summed E-state index contributed by atoms with van der Waals surface area (Å²) in [5.41, 5.74) is 3.69. The maximum atomic E-state index is 12.3. The molecule has 0 radical (unpaired) electrons. The topological polar surface area (TPSA) is 49.6 Å². The molecule has 1 fully saturated rings. The number of aromatic nitrogens is 2. The first-order valence-corrected chi connectivity index (χ1v) is 9.25. The number of hydrogen-bond acceptors (Lipinski definition) is 3. The molecule has 1 aliphatic rings. The number of amides is 1. The maximum absolute atomic E-state index is 12.3. The fourth-order valence-corrected chi connectivity index (χ4v) is 3.46. The lowest BCUT2D eigenvalue weighted by Gasteiger charge is -2.32. The molecule has 0 saturated carbocycles. The van der Waals surface area contributed by atoms with Crippen LogP contribution >= 0.6 is 0 Å².